The molecule has 0 radical (unpaired) electrons. The van der Waals surface area contributed by atoms with Crippen molar-refractivity contribution in [3.05, 3.63) is 28.8 Å². The summed E-state index contributed by atoms with van der Waals surface area (Å²) >= 11 is 5.95. The molecule has 2 aliphatic rings. The summed E-state index contributed by atoms with van der Waals surface area (Å²) in [6, 6.07) is 4.47. The number of rotatable bonds is 6. The summed E-state index contributed by atoms with van der Waals surface area (Å²) < 4.78 is 29.6. The van der Waals surface area contributed by atoms with Gasteiger partial charge in [-0.05, 0) is 44.4 Å². The van der Waals surface area contributed by atoms with Crippen LogP contribution in [0.4, 0.5) is 0 Å². The minimum absolute atomic E-state index is 0.0227. The second kappa shape index (κ2) is 8.82. The predicted molar refractivity (Wildman–Crippen MR) is 108 cm³/mol. The highest BCUT2D eigenvalue weighted by Crippen LogP contribution is 2.29. The quantitative estimate of drug-likeness (QED) is 0.651. The van der Waals surface area contributed by atoms with Gasteiger partial charge in [-0.1, -0.05) is 30.9 Å². The highest BCUT2D eigenvalue weighted by Gasteiger charge is 2.38. The number of benzene rings is 1. The SMILES string of the molecule is CC(=O)c1cc(Cl)ccc1OCC(=O)N(C1CCCCC1)C1CCS(=O)(=O)C1. The number of sulfone groups is 1. The Morgan fingerprint density at radius 1 is 1.14 bits per heavy atom. The fraction of sp³-hybridized carbons (Fsp3) is 0.600. The molecule has 154 valence electrons. The number of ketones is 1. The number of carbonyl (C=O) groups is 2. The van der Waals surface area contributed by atoms with Crippen LogP contribution in [0.1, 0.15) is 55.8 Å². The van der Waals surface area contributed by atoms with E-state index in [0.29, 0.717) is 22.8 Å². The normalized spacial score (nSPS) is 22.0. The van der Waals surface area contributed by atoms with Crippen LogP contribution in [0, 0.1) is 0 Å². The van der Waals surface area contributed by atoms with E-state index in [0.717, 1.165) is 32.1 Å². The molecule has 0 N–H and O–H groups in total. The molecular weight excluding hydrogens is 402 g/mol. The van der Waals surface area contributed by atoms with Gasteiger partial charge in [0.25, 0.3) is 5.91 Å². The Hall–Kier alpha value is -1.60. The molecular formula is C20H26ClNO5S. The Kier molecular flexibility index (Phi) is 6.65. The molecule has 1 saturated carbocycles. The smallest absolute Gasteiger partial charge is 0.261 e. The molecule has 8 heteroatoms. The Morgan fingerprint density at radius 2 is 1.86 bits per heavy atom. The molecule has 1 aromatic carbocycles. The van der Waals surface area contributed by atoms with Crippen LogP contribution in [0.2, 0.25) is 5.02 Å². The zero-order valence-corrected chi connectivity index (χ0v) is 17.6. The van der Waals surface area contributed by atoms with Gasteiger partial charge in [0.15, 0.2) is 22.2 Å². The van der Waals surface area contributed by atoms with E-state index < -0.39 is 9.84 Å². The minimum Gasteiger partial charge on any atom is -0.483 e. The number of carbonyl (C=O) groups excluding carboxylic acids is 2. The monoisotopic (exact) mass is 427 g/mol. The number of nitrogens with zero attached hydrogens (tertiary/aromatic N) is 1. The third-order valence-corrected chi connectivity index (χ3v) is 7.52. The molecule has 1 unspecified atom stereocenters. The summed E-state index contributed by atoms with van der Waals surface area (Å²) in [6.07, 6.45) is 5.49. The Labute approximate surface area is 171 Å². The number of hydrogen-bond acceptors (Lipinski definition) is 5. The fourth-order valence-corrected chi connectivity index (χ4v) is 6.06. The zero-order chi connectivity index (χ0) is 20.3. The highest BCUT2D eigenvalue weighted by atomic mass is 35.5. The van der Waals surface area contributed by atoms with Gasteiger partial charge in [0, 0.05) is 17.1 Å². The summed E-state index contributed by atoms with van der Waals surface area (Å²) in [5, 5.41) is 0.420. The molecule has 1 atom stereocenters. The van der Waals surface area contributed by atoms with Crippen molar-refractivity contribution in [1.82, 2.24) is 4.90 Å². The van der Waals surface area contributed by atoms with Crippen LogP contribution >= 0.6 is 11.6 Å². The van der Waals surface area contributed by atoms with Crippen molar-refractivity contribution in [3.8, 4) is 5.75 Å². The maximum Gasteiger partial charge on any atom is 0.261 e. The standard InChI is InChI=1S/C20H26ClNO5S/c1-14(23)18-11-15(21)7-8-19(18)27-12-20(24)22(16-5-3-2-4-6-16)17-9-10-28(25,26)13-17/h7-8,11,16-17H,2-6,9-10,12-13H2,1H3. The second-order valence-electron chi connectivity index (χ2n) is 7.64. The van der Waals surface area contributed by atoms with E-state index in [4.69, 9.17) is 16.3 Å². The average Bonchev–Trinajstić information content (AvgIpc) is 3.01. The first-order chi connectivity index (χ1) is 13.3. The van der Waals surface area contributed by atoms with E-state index in [-0.39, 0.29) is 41.9 Å². The van der Waals surface area contributed by atoms with E-state index in [1.165, 1.54) is 13.0 Å². The lowest BCUT2D eigenvalue weighted by molar-refractivity contribution is -0.138. The van der Waals surface area contributed by atoms with Gasteiger partial charge in [0.2, 0.25) is 0 Å². The van der Waals surface area contributed by atoms with Crippen LogP contribution in [0.15, 0.2) is 18.2 Å². The number of hydrogen-bond donors (Lipinski definition) is 0. The van der Waals surface area contributed by atoms with Crippen LogP contribution < -0.4 is 4.74 Å². The second-order valence-corrected chi connectivity index (χ2v) is 10.3. The minimum atomic E-state index is -3.10. The molecule has 1 aliphatic carbocycles. The highest BCUT2D eigenvalue weighted by molar-refractivity contribution is 7.91. The Morgan fingerprint density at radius 3 is 2.46 bits per heavy atom. The van der Waals surface area contributed by atoms with Crippen LogP contribution in [-0.2, 0) is 14.6 Å². The lowest BCUT2D eigenvalue weighted by Gasteiger charge is -2.38. The van der Waals surface area contributed by atoms with Crippen molar-refractivity contribution < 1.29 is 22.7 Å². The fourth-order valence-electron chi connectivity index (χ4n) is 4.18. The van der Waals surface area contributed by atoms with Gasteiger partial charge in [-0.25, -0.2) is 8.42 Å². The molecule has 3 rings (SSSR count). The average molecular weight is 428 g/mol. The van der Waals surface area contributed by atoms with Crippen LogP contribution in [0.25, 0.3) is 0 Å². The summed E-state index contributed by atoms with van der Waals surface area (Å²) in [5.74, 6) is 0.0394. The molecule has 2 fully saturated rings. The van der Waals surface area contributed by atoms with Gasteiger partial charge >= 0.3 is 0 Å². The molecule has 1 aromatic rings. The molecule has 6 nitrogen and oxygen atoms in total. The molecule has 0 spiro atoms. The summed E-state index contributed by atoms with van der Waals surface area (Å²) in [4.78, 5) is 26.6. The van der Waals surface area contributed by atoms with Crippen molar-refractivity contribution >= 4 is 33.1 Å². The lowest BCUT2D eigenvalue weighted by atomic mass is 9.93. The third kappa shape index (κ3) is 5.06. The van der Waals surface area contributed by atoms with Gasteiger partial charge in [-0.3, -0.25) is 9.59 Å². The van der Waals surface area contributed by atoms with Crippen molar-refractivity contribution in [2.24, 2.45) is 0 Å². The maximum absolute atomic E-state index is 13.1. The largest absolute Gasteiger partial charge is 0.483 e. The molecule has 0 aromatic heterocycles. The molecule has 1 heterocycles. The van der Waals surface area contributed by atoms with Gasteiger partial charge in [0.05, 0.1) is 17.1 Å². The van der Waals surface area contributed by atoms with Crippen LogP contribution in [0.3, 0.4) is 0 Å². The zero-order valence-electron chi connectivity index (χ0n) is 16.0. The summed E-state index contributed by atoms with van der Waals surface area (Å²) in [6.45, 7) is 1.19. The van der Waals surface area contributed by atoms with Gasteiger partial charge in [-0.15, -0.1) is 0 Å². The number of amides is 1. The van der Waals surface area contributed by atoms with Crippen LogP contribution in [0.5, 0.6) is 5.75 Å². The molecule has 0 bridgehead atoms. The maximum atomic E-state index is 13.1. The topological polar surface area (TPSA) is 80.8 Å². The Bertz CT molecular complexity index is 848. The van der Waals surface area contributed by atoms with E-state index in [1.54, 1.807) is 17.0 Å². The number of halogens is 1. The first-order valence-electron chi connectivity index (χ1n) is 9.72. The van der Waals surface area contributed by atoms with Crippen molar-refractivity contribution in [1.29, 1.82) is 0 Å². The van der Waals surface area contributed by atoms with E-state index in [2.05, 4.69) is 0 Å². The lowest BCUT2D eigenvalue weighted by Crippen LogP contribution is -2.50. The third-order valence-electron chi connectivity index (χ3n) is 5.53. The van der Waals surface area contributed by atoms with Crippen LogP contribution in [-0.4, -0.2) is 55.2 Å². The molecule has 28 heavy (non-hydrogen) atoms. The molecule has 1 amide bonds. The van der Waals surface area contributed by atoms with E-state index >= 15 is 0 Å². The van der Waals surface area contributed by atoms with Crippen molar-refractivity contribution in [3.63, 3.8) is 0 Å². The van der Waals surface area contributed by atoms with Crippen molar-refractivity contribution in [2.45, 2.75) is 57.5 Å². The summed E-state index contributed by atoms with van der Waals surface area (Å²) in [7, 11) is -3.10. The van der Waals surface area contributed by atoms with Gasteiger partial charge in [-0.2, -0.15) is 0 Å². The van der Waals surface area contributed by atoms with E-state index in [9.17, 15) is 18.0 Å². The predicted octanol–water partition coefficient (Wildman–Crippen LogP) is 3.27. The van der Waals surface area contributed by atoms with Crippen molar-refractivity contribution in [2.75, 3.05) is 18.1 Å². The summed E-state index contributed by atoms with van der Waals surface area (Å²) in [5.41, 5.74) is 0.327. The van der Waals surface area contributed by atoms with Gasteiger partial charge < -0.3 is 9.64 Å². The number of Topliss-reactive ketones (excluding diaryl/α,β-unsaturated/α-hetero) is 1. The molecule has 1 aliphatic heterocycles. The Balaban J connectivity index is 1.75. The van der Waals surface area contributed by atoms with Gasteiger partial charge in [0.1, 0.15) is 5.75 Å². The number of ether oxygens (including phenoxy) is 1. The molecule has 1 saturated heterocycles. The first kappa shape index (κ1) is 21.1. The van der Waals surface area contributed by atoms with E-state index in [1.807, 2.05) is 0 Å². The first-order valence-corrected chi connectivity index (χ1v) is 11.9.